The number of hydrogen-bond donors (Lipinski definition) is 0. The van der Waals surface area contributed by atoms with Crippen molar-refractivity contribution in [1.82, 2.24) is 9.55 Å². The molecule has 0 amide bonds. The zero-order chi connectivity index (χ0) is 30.0. The Bertz CT molecular complexity index is 1770. The van der Waals surface area contributed by atoms with Gasteiger partial charge in [0.1, 0.15) is 17.8 Å². The van der Waals surface area contributed by atoms with Gasteiger partial charge in [0.15, 0.2) is 0 Å². The lowest BCUT2D eigenvalue weighted by atomic mass is 10.2. The predicted molar refractivity (Wildman–Crippen MR) is 189 cm³/mol. The zero-order valence-corrected chi connectivity index (χ0v) is 27.9. The number of aromatic nitrogens is 2. The number of hydrogen-bond acceptors (Lipinski definition) is 4. The summed E-state index contributed by atoms with van der Waals surface area (Å²) >= 11 is 13.0. The topological polar surface area (TPSA) is 48.6 Å². The van der Waals surface area contributed by atoms with Gasteiger partial charge < -0.3 is 14.0 Å². The van der Waals surface area contributed by atoms with Crippen molar-refractivity contribution in [1.29, 1.82) is 0 Å². The molecule has 1 aliphatic rings. The molecule has 0 bridgehead atoms. The number of ether oxygens (including phenoxy) is 2. The lowest BCUT2D eigenvalue weighted by Crippen LogP contribution is -2.31. The molecule has 218 valence electrons. The first kappa shape index (κ1) is 29.7. The van der Waals surface area contributed by atoms with E-state index in [9.17, 15) is 0 Å². The van der Waals surface area contributed by atoms with Crippen molar-refractivity contribution in [3.05, 3.63) is 120 Å². The lowest BCUT2D eigenvalue weighted by Gasteiger charge is -2.29. The summed E-state index contributed by atoms with van der Waals surface area (Å²) in [7, 11) is -1.16. The van der Waals surface area contributed by atoms with Crippen LogP contribution in [0, 0.1) is 0 Å². The third-order valence-corrected chi connectivity index (χ3v) is 14.2. The summed E-state index contributed by atoms with van der Waals surface area (Å²) in [6, 6.07) is 34.5. The molecule has 0 unspecified atom stereocenters. The Kier molecular flexibility index (Phi) is 8.54. The van der Waals surface area contributed by atoms with Gasteiger partial charge in [-0.2, -0.15) is 0 Å². The fourth-order valence-corrected chi connectivity index (χ4v) is 10.9. The Morgan fingerprint density at radius 2 is 1.42 bits per heavy atom. The van der Waals surface area contributed by atoms with Gasteiger partial charge in [0.25, 0.3) is 0 Å². The smallest absolute Gasteiger partial charge is 0.231 e. The molecule has 2 aromatic heterocycles. The zero-order valence-electron chi connectivity index (χ0n) is 24.4. The predicted octanol–water partition coefficient (Wildman–Crippen LogP) is 7.23. The van der Waals surface area contributed by atoms with Crippen LogP contribution in [0.4, 0.5) is 0 Å². The van der Waals surface area contributed by atoms with Gasteiger partial charge in [0.05, 0.1) is 10.6 Å². The molecule has 0 atom stereocenters. The van der Waals surface area contributed by atoms with Gasteiger partial charge in [0.2, 0.25) is 10.9 Å². The van der Waals surface area contributed by atoms with E-state index in [1.807, 2.05) is 35.0 Å². The third kappa shape index (κ3) is 5.80. The average molecular weight is 642 g/mol. The molecule has 1 aliphatic heterocycles. The Balaban J connectivity index is 1.49. The van der Waals surface area contributed by atoms with E-state index in [2.05, 4.69) is 92.4 Å². The van der Waals surface area contributed by atoms with Crippen LogP contribution in [-0.4, -0.2) is 40.6 Å². The number of fused-ring (bicyclic) bond motifs is 1. The highest BCUT2D eigenvalue weighted by Crippen LogP contribution is 2.48. The number of nitrogens with zero attached hydrogens (tertiary/aromatic N) is 3. The maximum Gasteiger partial charge on any atom is 0.231 e. The minimum Gasteiger partial charge on any atom is -0.424 e. The van der Waals surface area contributed by atoms with Crippen molar-refractivity contribution in [2.75, 3.05) is 6.61 Å². The lowest BCUT2D eigenvalue weighted by molar-refractivity contribution is 0.0899. The summed E-state index contributed by atoms with van der Waals surface area (Å²) in [5.41, 5.74) is 2.11. The van der Waals surface area contributed by atoms with Crippen LogP contribution >= 0.6 is 30.7 Å². The maximum atomic E-state index is 7.02. The molecule has 9 heteroatoms. The molecule has 0 fully saturated rings. The van der Waals surface area contributed by atoms with Crippen LogP contribution in [-0.2, 0) is 16.2 Å². The van der Waals surface area contributed by atoms with Crippen LogP contribution in [0.1, 0.15) is 5.56 Å². The second-order valence-electron chi connectivity index (χ2n) is 11.7. The second-order valence-corrected chi connectivity index (χ2v) is 21.3. The van der Waals surface area contributed by atoms with E-state index in [1.165, 1.54) is 0 Å². The number of rotatable bonds is 9. The van der Waals surface area contributed by atoms with Crippen molar-refractivity contribution in [3.8, 4) is 0 Å². The monoisotopic (exact) mass is 641 g/mol. The first-order valence-electron chi connectivity index (χ1n) is 14.2. The molecule has 3 heterocycles. The number of thiocarbonyl (C=S) groups is 1. The van der Waals surface area contributed by atoms with Crippen LogP contribution in [0.25, 0.3) is 11.0 Å². The molecule has 0 N–H and O–H groups in total. The highest BCUT2D eigenvalue weighted by atomic mass is 35.5. The van der Waals surface area contributed by atoms with Crippen molar-refractivity contribution in [2.24, 2.45) is 4.99 Å². The molecule has 5 nitrogen and oxygen atoms in total. The van der Waals surface area contributed by atoms with Crippen molar-refractivity contribution in [2.45, 2.75) is 32.4 Å². The Labute approximate surface area is 264 Å². The summed E-state index contributed by atoms with van der Waals surface area (Å²) in [6.45, 7) is 5.67. The molecular weight excluding hydrogens is 609 g/mol. The molecule has 5 aromatic rings. The quantitative estimate of drug-likeness (QED) is 0.0738. The minimum atomic E-state index is -2.52. The van der Waals surface area contributed by atoms with Gasteiger partial charge in [0, 0.05) is 39.3 Å². The van der Waals surface area contributed by atoms with E-state index in [0.717, 1.165) is 45.0 Å². The molecule has 0 aliphatic carbocycles. The van der Waals surface area contributed by atoms with E-state index in [1.54, 1.807) is 6.20 Å². The number of halogens is 1. The maximum absolute atomic E-state index is 7.02. The molecule has 3 aromatic carbocycles. The Morgan fingerprint density at radius 3 is 1.95 bits per heavy atom. The van der Waals surface area contributed by atoms with E-state index < -0.39 is 15.0 Å². The van der Waals surface area contributed by atoms with Gasteiger partial charge in [-0.25, -0.2) is 9.98 Å². The molecule has 0 saturated carbocycles. The van der Waals surface area contributed by atoms with Crippen LogP contribution in [0.15, 0.2) is 114 Å². The fraction of sp³-hybridized carbons (Fsp3) is 0.176. The standard InChI is InChI=1S/C34H33ClN3O2PSSi/c1-43(2,3)22-21-39-24-38-20-19-28-30(35)29(23-36-31(28)38)32-37-33(34(42)40-32)41(25-13-7-4-8-14-25,26-15-9-5-10-16-26)27-17-11-6-12-18-27/h4-20,23H,21-22,24H2,1-3H3. The van der Waals surface area contributed by atoms with E-state index in [0.29, 0.717) is 28.3 Å². The molecule has 0 radical (unpaired) electrons. The summed E-state index contributed by atoms with van der Waals surface area (Å²) < 4.78 is 14.2. The van der Waals surface area contributed by atoms with E-state index in [4.69, 9.17) is 43.3 Å². The molecular formula is C34H33ClN3O2PSSi. The van der Waals surface area contributed by atoms with Crippen molar-refractivity contribution in [3.63, 3.8) is 0 Å². The largest absolute Gasteiger partial charge is 0.424 e. The van der Waals surface area contributed by atoms with Gasteiger partial charge in [-0.05, 0) is 40.2 Å². The second kappa shape index (κ2) is 12.3. The summed E-state index contributed by atoms with van der Waals surface area (Å²) in [6.07, 6.45) is 3.68. The minimum absolute atomic E-state index is 0.351. The van der Waals surface area contributed by atoms with Gasteiger partial charge >= 0.3 is 0 Å². The van der Waals surface area contributed by atoms with E-state index >= 15 is 0 Å². The fourth-order valence-electron chi connectivity index (χ4n) is 5.30. The third-order valence-electron chi connectivity index (χ3n) is 7.51. The van der Waals surface area contributed by atoms with Gasteiger partial charge in [-0.15, -0.1) is 0 Å². The van der Waals surface area contributed by atoms with Crippen molar-refractivity contribution < 1.29 is 9.47 Å². The summed E-state index contributed by atoms with van der Waals surface area (Å²) in [4.78, 5) is 9.93. The van der Waals surface area contributed by atoms with Crippen LogP contribution < -0.4 is 15.9 Å². The Morgan fingerprint density at radius 1 is 0.860 bits per heavy atom. The van der Waals surface area contributed by atoms with Crippen LogP contribution in [0.2, 0.25) is 30.7 Å². The summed E-state index contributed by atoms with van der Waals surface area (Å²) in [5.74, 6) is 0.366. The molecule has 0 spiro atoms. The molecule has 43 heavy (non-hydrogen) atoms. The molecule has 6 rings (SSSR count). The highest BCUT2D eigenvalue weighted by Gasteiger charge is 2.37. The van der Waals surface area contributed by atoms with Crippen molar-refractivity contribution >= 4 is 82.1 Å². The number of benzene rings is 3. The van der Waals surface area contributed by atoms with Gasteiger partial charge in [-0.3, -0.25) is 0 Å². The summed E-state index contributed by atoms with van der Waals surface area (Å²) in [5, 5.41) is 5.12. The van der Waals surface area contributed by atoms with Crippen LogP contribution in [0.5, 0.6) is 0 Å². The first-order valence-corrected chi connectivity index (χ1v) is 20.5. The number of aliphatic imine (C=N–C) groups is 1. The Hall–Kier alpha value is -3.32. The first-order chi connectivity index (χ1) is 20.8. The normalized spacial score (nSPS) is 13.8. The van der Waals surface area contributed by atoms with Crippen LogP contribution in [0.3, 0.4) is 0 Å². The number of pyridine rings is 1. The van der Waals surface area contributed by atoms with E-state index in [-0.39, 0.29) is 0 Å². The SMILES string of the molecule is C[Si](C)(C)CCOCn1ccc2c(Cl)c(C3=NC(=P(c4ccccc4)(c4ccccc4)c4ccccc4)C(=S)O3)cnc21. The van der Waals surface area contributed by atoms with Gasteiger partial charge in [-0.1, -0.05) is 122 Å². The molecule has 0 saturated heterocycles. The average Bonchev–Trinajstić information content (AvgIpc) is 3.61. The highest BCUT2D eigenvalue weighted by molar-refractivity contribution is 7.98.